The smallest absolute Gasteiger partial charge is 0.132 e. The molecule has 1 fully saturated rings. The molecule has 0 aromatic heterocycles. The second-order valence-corrected chi connectivity index (χ2v) is 11.8. The molecular weight excluding hydrogens is 318 g/mol. The van der Waals surface area contributed by atoms with E-state index in [0.717, 1.165) is 0 Å². The maximum absolute atomic E-state index is 2.66. The molecule has 0 amide bonds. The Bertz CT molecular complexity index is 914. The molecule has 122 valence electrons. The Morgan fingerprint density at radius 1 is 0.640 bits per heavy atom. The number of anilines is 2. The zero-order chi connectivity index (χ0) is 16.4. The lowest BCUT2D eigenvalue weighted by molar-refractivity contribution is 0.971. The first-order chi connectivity index (χ1) is 12.4. The van der Waals surface area contributed by atoms with Gasteiger partial charge < -0.3 is 4.90 Å². The van der Waals surface area contributed by atoms with Crippen molar-refractivity contribution in [2.24, 2.45) is 0 Å². The third kappa shape index (κ3) is 1.83. The van der Waals surface area contributed by atoms with Crippen molar-refractivity contribution in [3.8, 4) is 0 Å². The van der Waals surface area contributed by atoms with Crippen LogP contribution in [0.4, 0.5) is 11.4 Å². The number of rotatable bonds is 1. The summed E-state index contributed by atoms with van der Waals surface area (Å²) >= 11 is 0. The summed E-state index contributed by atoms with van der Waals surface area (Å²) in [6, 6.07) is 31.0. The van der Waals surface area contributed by atoms with Crippen LogP contribution in [-0.4, -0.2) is 14.1 Å². The third-order valence-electron chi connectivity index (χ3n) is 6.37. The molecule has 0 unspecified atom stereocenters. The number of fused-ring (bicyclic) bond motifs is 5. The van der Waals surface area contributed by atoms with Crippen molar-refractivity contribution in [2.45, 2.75) is 31.0 Å². The molecule has 0 bridgehead atoms. The summed E-state index contributed by atoms with van der Waals surface area (Å²) in [6.07, 6.45) is 2.66. The van der Waals surface area contributed by atoms with Crippen LogP contribution in [0.3, 0.4) is 0 Å². The number of nitrogens with zero attached hydrogens (tertiary/aromatic N) is 1. The highest BCUT2D eigenvalue weighted by atomic mass is 28.3. The average Bonchev–Trinajstić information content (AvgIpc) is 3.41. The highest BCUT2D eigenvalue weighted by molar-refractivity contribution is 7.04. The van der Waals surface area contributed by atoms with E-state index in [0.29, 0.717) is 6.04 Å². The van der Waals surface area contributed by atoms with Crippen molar-refractivity contribution in [1.82, 2.24) is 0 Å². The molecule has 25 heavy (non-hydrogen) atoms. The van der Waals surface area contributed by atoms with Gasteiger partial charge in [0, 0.05) is 17.4 Å². The molecular formula is C23H21NSi. The predicted octanol–water partition coefficient (Wildman–Crippen LogP) is 3.74. The zero-order valence-corrected chi connectivity index (χ0v) is 15.3. The molecule has 1 spiro atoms. The van der Waals surface area contributed by atoms with Crippen LogP contribution in [0.25, 0.3) is 0 Å². The van der Waals surface area contributed by atoms with Gasteiger partial charge in [0.1, 0.15) is 8.07 Å². The van der Waals surface area contributed by atoms with Crippen molar-refractivity contribution < 1.29 is 0 Å². The van der Waals surface area contributed by atoms with Crippen molar-refractivity contribution in [3.63, 3.8) is 0 Å². The van der Waals surface area contributed by atoms with E-state index in [1.54, 1.807) is 21.5 Å². The van der Waals surface area contributed by atoms with E-state index in [1.165, 1.54) is 36.3 Å². The molecule has 0 atom stereocenters. The van der Waals surface area contributed by atoms with E-state index in [4.69, 9.17) is 0 Å². The van der Waals surface area contributed by atoms with Crippen LogP contribution in [-0.2, 0) is 12.1 Å². The quantitative estimate of drug-likeness (QED) is 0.611. The highest BCUT2D eigenvalue weighted by Gasteiger charge is 2.50. The third-order valence-corrected chi connectivity index (χ3v) is 11.2. The monoisotopic (exact) mass is 339 g/mol. The molecule has 2 heteroatoms. The van der Waals surface area contributed by atoms with Gasteiger partial charge in [-0.2, -0.15) is 0 Å². The van der Waals surface area contributed by atoms with E-state index in [1.807, 2.05) is 0 Å². The summed E-state index contributed by atoms with van der Waals surface area (Å²) in [5.41, 5.74) is 6.17. The van der Waals surface area contributed by atoms with Crippen molar-refractivity contribution in [3.05, 3.63) is 83.9 Å². The molecule has 1 aliphatic carbocycles. The summed E-state index contributed by atoms with van der Waals surface area (Å²) in [7, 11) is -1.77. The Balaban J connectivity index is 1.64. The Morgan fingerprint density at radius 3 is 1.64 bits per heavy atom. The summed E-state index contributed by atoms with van der Waals surface area (Å²) in [6.45, 7) is 0. The van der Waals surface area contributed by atoms with E-state index in [9.17, 15) is 0 Å². The van der Waals surface area contributed by atoms with Gasteiger partial charge in [0.05, 0.1) is 0 Å². The van der Waals surface area contributed by atoms with E-state index >= 15 is 0 Å². The zero-order valence-electron chi connectivity index (χ0n) is 14.3. The lowest BCUT2D eigenvalue weighted by atomic mass is 10.1. The predicted molar refractivity (Wildman–Crippen MR) is 107 cm³/mol. The van der Waals surface area contributed by atoms with Gasteiger partial charge in [-0.05, 0) is 58.6 Å². The number of hydrogen-bond donors (Lipinski definition) is 0. The fourth-order valence-corrected chi connectivity index (χ4v) is 10.6. The van der Waals surface area contributed by atoms with Crippen LogP contribution >= 0.6 is 0 Å². The molecule has 2 aliphatic heterocycles. The maximum atomic E-state index is 2.66. The van der Waals surface area contributed by atoms with Gasteiger partial charge in [-0.3, -0.25) is 0 Å². The molecule has 3 aliphatic rings. The summed E-state index contributed by atoms with van der Waals surface area (Å²) in [5.74, 6) is 0. The molecule has 0 N–H and O–H groups in total. The molecule has 1 saturated carbocycles. The maximum Gasteiger partial charge on any atom is 0.132 e. The van der Waals surface area contributed by atoms with Crippen molar-refractivity contribution in [2.75, 3.05) is 4.90 Å². The molecule has 3 aromatic carbocycles. The van der Waals surface area contributed by atoms with Crippen molar-refractivity contribution >= 4 is 29.8 Å². The lowest BCUT2D eigenvalue weighted by Gasteiger charge is -2.43. The number of hydrogen-bond acceptors (Lipinski definition) is 1. The average molecular weight is 340 g/mol. The van der Waals surface area contributed by atoms with Crippen LogP contribution < -0.4 is 15.3 Å². The van der Waals surface area contributed by atoms with E-state index < -0.39 is 8.07 Å². The van der Waals surface area contributed by atoms with Gasteiger partial charge in [0.25, 0.3) is 0 Å². The minimum atomic E-state index is -1.77. The van der Waals surface area contributed by atoms with Crippen LogP contribution in [0.5, 0.6) is 0 Å². The first-order valence-electron chi connectivity index (χ1n) is 9.42. The topological polar surface area (TPSA) is 3.24 Å². The first kappa shape index (κ1) is 13.9. The van der Waals surface area contributed by atoms with Crippen molar-refractivity contribution in [1.29, 1.82) is 0 Å². The Hall–Kier alpha value is -2.32. The number of benzene rings is 3. The Morgan fingerprint density at radius 2 is 1.12 bits per heavy atom. The van der Waals surface area contributed by atoms with Crippen LogP contribution in [0.1, 0.15) is 24.0 Å². The van der Waals surface area contributed by atoms with E-state index in [-0.39, 0.29) is 0 Å². The van der Waals surface area contributed by atoms with Gasteiger partial charge >= 0.3 is 0 Å². The van der Waals surface area contributed by atoms with Crippen LogP contribution in [0.15, 0.2) is 72.8 Å². The van der Waals surface area contributed by atoms with Crippen LogP contribution in [0, 0.1) is 0 Å². The fourth-order valence-electron chi connectivity index (χ4n) is 5.17. The van der Waals surface area contributed by atoms with Gasteiger partial charge in [0.2, 0.25) is 0 Å². The SMILES string of the molecule is c1ccc2c(c1)C[Si]1(C2)c2ccccc2N(C2CC2)c2ccccc21. The summed E-state index contributed by atoms with van der Waals surface area (Å²) in [5, 5.41) is 3.33. The Labute approximate surface area is 149 Å². The number of para-hydroxylation sites is 2. The molecule has 0 saturated heterocycles. The molecule has 0 radical (unpaired) electrons. The Kier molecular flexibility index (Phi) is 2.70. The molecule has 2 heterocycles. The fraction of sp³-hybridized carbons (Fsp3) is 0.217. The standard InChI is InChI=1S/C23H21NSi/c1-2-8-18-16-25(15-17(18)7-1)22-11-5-3-9-20(22)24(19-13-14-19)21-10-4-6-12-23(21)25/h1-12,19H,13-16H2. The van der Waals surface area contributed by atoms with E-state index in [2.05, 4.69) is 77.7 Å². The molecule has 6 rings (SSSR count). The molecule has 1 nitrogen and oxygen atoms in total. The van der Waals surface area contributed by atoms with Gasteiger partial charge in [-0.15, -0.1) is 0 Å². The van der Waals surface area contributed by atoms with Crippen LogP contribution in [0.2, 0.25) is 0 Å². The molecule has 3 aromatic rings. The van der Waals surface area contributed by atoms with Gasteiger partial charge in [0.15, 0.2) is 0 Å². The minimum Gasteiger partial charge on any atom is -0.339 e. The van der Waals surface area contributed by atoms with Gasteiger partial charge in [-0.25, -0.2) is 0 Å². The largest absolute Gasteiger partial charge is 0.339 e. The second-order valence-electron chi connectivity index (χ2n) is 7.84. The minimum absolute atomic E-state index is 0.706. The summed E-state index contributed by atoms with van der Waals surface area (Å²) < 4.78 is 0. The van der Waals surface area contributed by atoms with Gasteiger partial charge in [-0.1, -0.05) is 60.7 Å². The lowest BCUT2D eigenvalue weighted by Crippen LogP contribution is -2.65. The highest BCUT2D eigenvalue weighted by Crippen LogP contribution is 2.43. The normalized spacial score (nSPS) is 19.4. The summed E-state index contributed by atoms with van der Waals surface area (Å²) in [4.78, 5) is 2.66. The second kappa shape index (κ2) is 4.86. The first-order valence-corrected chi connectivity index (χ1v) is 11.8.